The van der Waals surface area contributed by atoms with Gasteiger partial charge in [-0.05, 0) is 47.5 Å². The number of morpholine rings is 1. The molecule has 0 saturated carbocycles. The van der Waals surface area contributed by atoms with Crippen LogP contribution in [0.4, 0.5) is 0 Å². The van der Waals surface area contributed by atoms with Gasteiger partial charge in [-0.15, -0.1) is 0 Å². The van der Waals surface area contributed by atoms with E-state index in [2.05, 4.69) is 15.9 Å². The second kappa shape index (κ2) is 6.67. The van der Waals surface area contributed by atoms with E-state index in [-0.39, 0.29) is 12.0 Å². The highest BCUT2D eigenvalue weighted by Crippen LogP contribution is 2.30. The molecule has 1 atom stereocenters. The van der Waals surface area contributed by atoms with Crippen molar-refractivity contribution in [3.63, 3.8) is 0 Å². The van der Waals surface area contributed by atoms with Crippen molar-refractivity contribution in [2.45, 2.75) is 20.0 Å². The number of halogens is 2. The van der Waals surface area contributed by atoms with E-state index in [0.717, 1.165) is 10.0 Å². The Hall–Kier alpha value is -1.30. The lowest BCUT2D eigenvalue weighted by atomic mass is 10.1. The number of carbonyl (C=O) groups is 1. The van der Waals surface area contributed by atoms with Gasteiger partial charge in [0.2, 0.25) is 0 Å². The number of benzene rings is 1. The number of furan rings is 1. The van der Waals surface area contributed by atoms with Crippen LogP contribution in [0.2, 0.25) is 5.02 Å². The van der Waals surface area contributed by atoms with Crippen molar-refractivity contribution in [1.82, 2.24) is 4.90 Å². The summed E-state index contributed by atoms with van der Waals surface area (Å²) in [5, 5.41) is 0.686. The molecule has 1 fully saturated rings. The highest BCUT2D eigenvalue weighted by molar-refractivity contribution is 9.10. The Morgan fingerprint density at radius 2 is 1.96 bits per heavy atom. The minimum atomic E-state index is -0.142. The van der Waals surface area contributed by atoms with Crippen LogP contribution in [0.3, 0.4) is 0 Å². The Kier molecular flexibility index (Phi) is 4.80. The zero-order chi connectivity index (χ0) is 16.6. The second-order valence-electron chi connectivity index (χ2n) is 5.57. The lowest BCUT2D eigenvalue weighted by Crippen LogP contribution is -2.42. The molecule has 1 aliphatic rings. The van der Waals surface area contributed by atoms with Crippen LogP contribution in [-0.4, -0.2) is 30.5 Å². The lowest BCUT2D eigenvalue weighted by molar-refractivity contribution is -0.0229. The van der Waals surface area contributed by atoms with Crippen LogP contribution in [0.1, 0.15) is 33.5 Å². The largest absolute Gasteiger partial charge is 0.465 e. The molecular weight excluding hydrogens is 382 g/mol. The molecule has 2 aromatic rings. The molecule has 122 valence electrons. The number of hydrogen-bond donors (Lipinski definition) is 0. The topological polar surface area (TPSA) is 42.7 Å². The fourth-order valence-electron chi connectivity index (χ4n) is 2.77. The van der Waals surface area contributed by atoms with Crippen molar-refractivity contribution in [2.75, 3.05) is 19.7 Å². The standard InChI is InChI=1S/C17H17BrClNO3/c1-10-15(16(18)11(2)23-10)17(21)20-7-8-22-14(9-20)12-3-5-13(19)6-4-12/h3-6,14H,7-9H2,1-2H3. The Bertz CT molecular complexity index is 726. The van der Waals surface area contributed by atoms with Crippen LogP contribution in [0.15, 0.2) is 33.2 Å². The van der Waals surface area contributed by atoms with Gasteiger partial charge in [0.15, 0.2) is 0 Å². The molecule has 1 unspecified atom stereocenters. The quantitative estimate of drug-likeness (QED) is 0.746. The summed E-state index contributed by atoms with van der Waals surface area (Å²) in [6.45, 7) is 5.23. The third-order valence-corrected chi connectivity index (χ3v) is 5.20. The van der Waals surface area contributed by atoms with Crippen LogP contribution in [0.5, 0.6) is 0 Å². The van der Waals surface area contributed by atoms with Crippen LogP contribution in [0.25, 0.3) is 0 Å². The van der Waals surface area contributed by atoms with Crippen molar-refractivity contribution >= 4 is 33.4 Å². The SMILES string of the molecule is Cc1oc(C)c(C(=O)N2CCOC(c3ccc(Cl)cc3)C2)c1Br. The Morgan fingerprint density at radius 1 is 1.26 bits per heavy atom. The summed E-state index contributed by atoms with van der Waals surface area (Å²) in [6, 6.07) is 7.54. The number of carbonyl (C=O) groups excluding carboxylic acids is 1. The summed E-state index contributed by atoms with van der Waals surface area (Å²) in [5.41, 5.74) is 1.62. The highest BCUT2D eigenvalue weighted by atomic mass is 79.9. The Labute approximate surface area is 148 Å². The van der Waals surface area contributed by atoms with Gasteiger partial charge in [0.05, 0.1) is 23.2 Å². The van der Waals surface area contributed by atoms with Crippen molar-refractivity contribution < 1.29 is 13.9 Å². The smallest absolute Gasteiger partial charge is 0.258 e. The van der Waals surface area contributed by atoms with Crippen LogP contribution in [-0.2, 0) is 4.74 Å². The van der Waals surface area contributed by atoms with E-state index in [1.807, 2.05) is 43.0 Å². The lowest BCUT2D eigenvalue weighted by Gasteiger charge is -2.33. The van der Waals surface area contributed by atoms with Crippen molar-refractivity contribution in [3.05, 3.63) is 56.4 Å². The molecule has 1 aromatic carbocycles. The Balaban J connectivity index is 1.80. The zero-order valence-corrected chi connectivity index (χ0v) is 15.3. The van der Waals surface area contributed by atoms with Gasteiger partial charge in [-0.25, -0.2) is 0 Å². The maximum atomic E-state index is 12.8. The van der Waals surface area contributed by atoms with Gasteiger partial charge < -0.3 is 14.1 Å². The van der Waals surface area contributed by atoms with Crippen LogP contribution >= 0.6 is 27.5 Å². The first-order valence-corrected chi connectivity index (χ1v) is 8.56. The van der Waals surface area contributed by atoms with Crippen LogP contribution in [0, 0.1) is 13.8 Å². The number of aryl methyl sites for hydroxylation is 2. The molecule has 2 heterocycles. The molecule has 23 heavy (non-hydrogen) atoms. The molecule has 1 aliphatic heterocycles. The van der Waals surface area contributed by atoms with Crippen molar-refractivity contribution in [3.8, 4) is 0 Å². The highest BCUT2D eigenvalue weighted by Gasteiger charge is 2.30. The average molecular weight is 399 g/mol. The predicted molar refractivity (Wildman–Crippen MR) is 91.9 cm³/mol. The summed E-state index contributed by atoms with van der Waals surface area (Å²) in [7, 11) is 0. The van der Waals surface area contributed by atoms with Crippen molar-refractivity contribution in [2.24, 2.45) is 0 Å². The summed E-state index contributed by atoms with van der Waals surface area (Å²) in [5.74, 6) is 1.32. The molecular formula is C17H17BrClNO3. The predicted octanol–water partition coefficient (Wildman–Crippen LogP) is 4.53. The summed E-state index contributed by atoms with van der Waals surface area (Å²) in [6.07, 6.45) is -0.142. The van der Waals surface area contributed by atoms with Gasteiger partial charge in [0, 0.05) is 11.6 Å². The molecule has 1 saturated heterocycles. The van der Waals surface area contributed by atoms with E-state index in [1.54, 1.807) is 0 Å². The minimum absolute atomic E-state index is 0.0338. The van der Waals surface area contributed by atoms with Crippen LogP contribution < -0.4 is 0 Å². The van der Waals surface area contributed by atoms with Gasteiger partial charge in [-0.1, -0.05) is 23.7 Å². The third-order valence-electron chi connectivity index (χ3n) is 4.00. The minimum Gasteiger partial charge on any atom is -0.465 e. The molecule has 1 aromatic heterocycles. The Morgan fingerprint density at radius 3 is 2.57 bits per heavy atom. The zero-order valence-electron chi connectivity index (χ0n) is 12.9. The number of ether oxygens (including phenoxy) is 1. The van der Waals surface area contributed by atoms with Crippen molar-refractivity contribution in [1.29, 1.82) is 0 Å². The van der Waals surface area contributed by atoms with E-state index >= 15 is 0 Å². The molecule has 6 heteroatoms. The van der Waals surface area contributed by atoms with Gasteiger partial charge in [-0.2, -0.15) is 0 Å². The van der Waals surface area contributed by atoms with Gasteiger partial charge >= 0.3 is 0 Å². The second-order valence-corrected chi connectivity index (χ2v) is 6.80. The number of amides is 1. The average Bonchev–Trinajstić information content (AvgIpc) is 2.80. The summed E-state index contributed by atoms with van der Waals surface area (Å²) >= 11 is 9.38. The first kappa shape index (κ1) is 16.6. The molecule has 0 bridgehead atoms. The molecule has 0 aliphatic carbocycles. The molecule has 0 N–H and O–H groups in total. The fraction of sp³-hybridized carbons (Fsp3) is 0.353. The number of hydrogen-bond acceptors (Lipinski definition) is 3. The molecule has 4 nitrogen and oxygen atoms in total. The maximum Gasteiger partial charge on any atom is 0.258 e. The maximum absolute atomic E-state index is 12.8. The fourth-order valence-corrected chi connectivity index (χ4v) is 3.43. The van der Waals surface area contributed by atoms with Gasteiger partial charge in [0.25, 0.3) is 5.91 Å². The van der Waals surface area contributed by atoms with E-state index in [1.165, 1.54) is 0 Å². The van der Waals surface area contributed by atoms with Gasteiger partial charge in [0.1, 0.15) is 17.6 Å². The normalized spacial score (nSPS) is 18.3. The van der Waals surface area contributed by atoms with E-state index in [4.69, 9.17) is 20.8 Å². The van der Waals surface area contributed by atoms with Gasteiger partial charge in [-0.3, -0.25) is 4.79 Å². The number of rotatable bonds is 2. The number of nitrogens with zero attached hydrogens (tertiary/aromatic N) is 1. The first-order chi connectivity index (χ1) is 11.0. The van der Waals surface area contributed by atoms with E-state index < -0.39 is 0 Å². The molecule has 0 radical (unpaired) electrons. The molecule has 0 spiro atoms. The molecule has 3 rings (SSSR count). The first-order valence-electron chi connectivity index (χ1n) is 7.39. The van der Waals surface area contributed by atoms with E-state index in [9.17, 15) is 4.79 Å². The van der Waals surface area contributed by atoms with E-state index in [0.29, 0.717) is 41.8 Å². The summed E-state index contributed by atoms with van der Waals surface area (Å²) in [4.78, 5) is 14.7. The third kappa shape index (κ3) is 3.32. The molecule has 1 amide bonds. The monoisotopic (exact) mass is 397 g/mol. The summed E-state index contributed by atoms with van der Waals surface area (Å²) < 4.78 is 12.1.